The quantitative estimate of drug-likeness (QED) is 0.850. The van der Waals surface area contributed by atoms with Gasteiger partial charge in [0.25, 0.3) is 10.0 Å². The molecule has 0 spiro atoms. The molecule has 1 aliphatic heterocycles. The lowest BCUT2D eigenvalue weighted by atomic mass is 10.2. The smallest absolute Gasteiger partial charge is 0.264 e. The van der Waals surface area contributed by atoms with E-state index in [1.165, 1.54) is 4.90 Å². The Morgan fingerprint density at radius 3 is 2.48 bits per heavy atom. The van der Waals surface area contributed by atoms with Crippen molar-refractivity contribution in [3.63, 3.8) is 0 Å². The van der Waals surface area contributed by atoms with Crippen molar-refractivity contribution >= 4 is 21.4 Å². The van der Waals surface area contributed by atoms with Crippen LogP contribution in [0.25, 0.3) is 0 Å². The third-order valence-electron chi connectivity index (χ3n) is 4.29. The van der Waals surface area contributed by atoms with Crippen molar-refractivity contribution in [1.29, 1.82) is 0 Å². The van der Waals surface area contributed by atoms with Crippen molar-refractivity contribution in [3.05, 3.63) is 54.1 Å². The van der Waals surface area contributed by atoms with Crippen molar-refractivity contribution in [2.24, 2.45) is 0 Å². The lowest BCUT2D eigenvalue weighted by Gasteiger charge is -2.33. The molecule has 3 rings (SSSR count). The van der Waals surface area contributed by atoms with Crippen LogP contribution in [-0.2, 0) is 10.0 Å². The van der Waals surface area contributed by atoms with Crippen molar-refractivity contribution in [3.8, 4) is 0 Å². The van der Waals surface area contributed by atoms with Gasteiger partial charge >= 0.3 is 0 Å². The Morgan fingerprint density at radius 2 is 1.76 bits per heavy atom. The summed E-state index contributed by atoms with van der Waals surface area (Å²) in [5.74, 6) is -1.80. The van der Waals surface area contributed by atoms with E-state index in [1.807, 2.05) is 12.1 Å². The standard InChI is InChI=1S/C17H19F2N3O2S/c1-21-8-10-22(11-9-21)16-5-3-2-4-15(16)20-25(23,24)17-12-13(18)6-7-14(17)19/h2-7,12,20H,8-11H2,1H3/p+1. The lowest BCUT2D eigenvalue weighted by Crippen LogP contribution is -3.12. The Morgan fingerprint density at radius 1 is 1.08 bits per heavy atom. The van der Waals surface area contributed by atoms with E-state index >= 15 is 0 Å². The van der Waals surface area contributed by atoms with Gasteiger partial charge in [0.05, 0.1) is 44.6 Å². The maximum absolute atomic E-state index is 13.9. The van der Waals surface area contributed by atoms with Gasteiger partial charge in [-0.15, -0.1) is 0 Å². The van der Waals surface area contributed by atoms with E-state index in [9.17, 15) is 17.2 Å². The van der Waals surface area contributed by atoms with Gasteiger partial charge in [0.1, 0.15) is 16.5 Å². The predicted octanol–water partition coefficient (Wildman–Crippen LogP) is 1.10. The molecule has 0 radical (unpaired) electrons. The first-order chi connectivity index (χ1) is 11.9. The Labute approximate surface area is 145 Å². The number of hydrogen-bond acceptors (Lipinski definition) is 3. The largest absolute Gasteiger partial charge is 0.359 e. The molecule has 2 aromatic rings. The highest BCUT2D eigenvalue weighted by Gasteiger charge is 2.24. The molecule has 0 aromatic heterocycles. The summed E-state index contributed by atoms with van der Waals surface area (Å²) in [6, 6.07) is 9.33. The SMILES string of the molecule is C[NH+]1CCN(c2ccccc2NS(=O)(=O)c2cc(F)ccc2F)CC1. The fourth-order valence-electron chi connectivity index (χ4n) is 2.85. The molecule has 5 nitrogen and oxygen atoms in total. The molecule has 25 heavy (non-hydrogen) atoms. The number of likely N-dealkylation sites (N-methyl/N-ethyl adjacent to an activating group) is 1. The molecule has 1 aliphatic rings. The van der Waals surface area contributed by atoms with Gasteiger partial charge in [0, 0.05) is 0 Å². The minimum Gasteiger partial charge on any atom is -0.359 e. The number of sulfonamides is 1. The summed E-state index contributed by atoms with van der Waals surface area (Å²) in [5.41, 5.74) is 1.08. The number of rotatable bonds is 4. The second-order valence-corrected chi connectivity index (χ2v) is 7.79. The molecule has 2 N–H and O–H groups in total. The summed E-state index contributed by atoms with van der Waals surface area (Å²) >= 11 is 0. The zero-order valence-electron chi connectivity index (χ0n) is 13.8. The van der Waals surface area contributed by atoms with Crippen LogP contribution < -0.4 is 14.5 Å². The molecule has 0 bridgehead atoms. The van der Waals surface area contributed by atoms with Gasteiger partial charge in [-0.25, -0.2) is 17.2 Å². The van der Waals surface area contributed by atoms with E-state index in [-0.39, 0.29) is 0 Å². The number of anilines is 2. The van der Waals surface area contributed by atoms with Gasteiger partial charge in [-0.3, -0.25) is 4.72 Å². The summed E-state index contributed by atoms with van der Waals surface area (Å²) in [4.78, 5) is 2.80. The Kier molecular flexibility index (Phi) is 4.91. The van der Waals surface area contributed by atoms with Gasteiger partial charge in [-0.05, 0) is 30.3 Å². The van der Waals surface area contributed by atoms with Crippen LogP contribution in [0.4, 0.5) is 20.2 Å². The van der Waals surface area contributed by atoms with Crippen molar-refractivity contribution < 1.29 is 22.1 Å². The van der Waals surface area contributed by atoms with Crippen LogP contribution in [0.1, 0.15) is 0 Å². The number of halogens is 2. The summed E-state index contributed by atoms with van der Waals surface area (Å²) < 4.78 is 54.7. The first-order valence-corrected chi connectivity index (χ1v) is 9.48. The fourth-order valence-corrected chi connectivity index (χ4v) is 4.01. The molecule has 2 aromatic carbocycles. The van der Waals surface area contributed by atoms with E-state index < -0.39 is 26.6 Å². The average Bonchev–Trinajstić information content (AvgIpc) is 2.58. The van der Waals surface area contributed by atoms with Gasteiger partial charge < -0.3 is 9.80 Å². The number of piperazine rings is 1. The Hall–Kier alpha value is -2.19. The van der Waals surface area contributed by atoms with Gasteiger partial charge in [-0.2, -0.15) is 0 Å². The number of benzene rings is 2. The van der Waals surface area contributed by atoms with Gasteiger partial charge in [0.15, 0.2) is 0 Å². The van der Waals surface area contributed by atoms with Crippen LogP contribution in [0.5, 0.6) is 0 Å². The summed E-state index contributed by atoms with van der Waals surface area (Å²) in [7, 11) is -2.13. The second-order valence-electron chi connectivity index (χ2n) is 6.14. The van der Waals surface area contributed by atoms with Crippen LogP contribution in [0.2, 0.25) is 0 Å². The van der Waals surface area contributed by atoms with Crippen LogP contribution in [0, 0.1) is 11.6 Å². The average molecular weight is 368 g/mol. The van der Waals surface area contributed by atoms with Crippen molar-refractivity contribution in [2.45, 2.75) is 4.90 Å². The Balaban J connectivity index is 1.91. The molecule has 134 valence electrons. The minimum absolute atomic E-state index is 0.353. The highest BCUT2D eigenvalue weighted by molar-refractivity contribution is 7.92. The zero-order chi connectivity index (χ0) is 18.0. The highest BCUT2D eigenvalue weighted by Crippen LogP contribution is 2.28. The second kappa shape index (κ2) is 6.97. The molecule has 1 fully saturated rings. The topological polar surface area (TPSA) is 53.9 Å². The van der Waals surface area contributed by atoms with Crippen molar-refractivity contribution in [1.82, 2.24) is 0 Å². The van der Waals surface area contributed by atoms with E-state index in [0.29, 0.717) is 11.8 Å². The summed E-state index contributed by atoms with van der Waals surface area (Å²) in [6.45, 7) is 3.47. The normalized spacial score (nSPS) is 16.0. The summed E-state index contributed by atoms with van der Waals surface area (Å²) in [6.07, 6.45) is 0. The van der Waals surface area contributed by atoms with E-state index in [1.54, 1.807) is 12.1 Å². The molecule has 0 amide bonds. The number of quaternary nitrogens is 1. The van der Waals surface area contributed by atoms with E-state index in [4.69, 9.17) is 0 Å². The first-order valence-electron chi connectivity index (χ1n) is 8.00. The van der Waals surface area contributed by atoms with Crippen molar-refractivity contribution in [2.75, 3.05) is 42.8 Å². The third kappa shape index (κ3) is 3.91. The molecular formula is C17H20F2N3O2S+. The number of nitrogens with zero attached hydrogens (tertiary/aromatic N) is 1. The molecule has 1 heterocycles. The maximum Gasteiger partial charge on any atom is 0.264 e. The first kappa shape index (κ1) is 17.6. The molecule has 8 heteroatoms. The van der Waals surface area contributed by atoms with E-state index in [2.05, 4.69) is 16.7 Å². The molecule has 0 saturated carbocycles. The Bertz CT molecular complexity index is 866. The number of para-hydroxylation sites is 2. The molecular weight excluding hydrogens is 348 g/mol. The molecule has 0 unspecified atom stereocenters. The lowest BCUT2D eigenvalue weighted by molar-refractivity contribution is -0.880. The van der Waals surface area contributed by atoms with Gasteiger partial charge in [-0.1, -0.05) is 12.1 Å². The van der Waals surface area contributed by atoms with E-state index in [0.717, 1.165) is 44.0 Å². The van der Waals surface area contributed by atoms with Crippen LogP contribution in [0.15, 0.2) is 47.4 Å². The molecule has 0 aliphatic carbocycles. The molecule has 1 saturated heterocycles. The maximum atomic E-state index is 13.9. The summed E-state index contributed by atoms with van der Waals surface area (Å²) in [5, 5.41) is 0. The third-order valence-corrected chi connectivity index (χ3v) is 5.67. The monoisotopic (exact) mass is 368 g/mol. The van der Waals surface area contributed by atoms with Gasteiger partial charge in [0.2, 0.25) is 0 Å². The molecule has 0 atom stereocenters. The van der Waals surface area contributed by atoms with Crippen LogP contribution in [0.3, 0.4) is 0 Å². The fraction of sp³-hybridized carbons (Fsp3) is 0.294. The predicted molar refractivity (Wildman–Crippen MR) is 92.4 cm³/mol. The highest BCUT2D eigenvalue weighted by atomic mass is 32.2. The number of hydrogen-bond donors (Lipinski definition) is 2. The zero-order valence-corrected chi connectivity index (χ0v) is 14.6. The van der Waals surface area contributed by atoms with Crippen LogP contribution in [-0.4, -0.2) is 41.6 Å². The minimum atomic E-state index is -4.24. The number of nitrogens with one attached hydrogen (secondary N) is 2. The van der Waals surface area contributed by atoms with Crippen LogP contribution >= 0.6 is 0 Å².